The van der Waals surface area contributed by atoms with E-state index in [1.54, 1.807) is 25.1 Å². The molecular formula is C23H21N3O7. The Balaban J connectivity index is 1.85. The lowest BCUT2D eigenvalue weighted by molar-refractivity contribution is -0.385. The van der Waals surface area contributed by atoms with Gasteiger partial charge < -0.3 is 14.6 Å². The molecule has 0 bridgehead atoms. The highest BCUT2D eigenvalue weighted by atomic mass is 16.7. The van der Waals surface area contributed by atoms with E-state index >= 15 is 0 Å². The van der Waals surface area contributed by atoms with E-state index in [4.69, 9.17) is 14.6 Å². The van der Waals surface area contributed by atoms with Gasteiger partial charge in [0.25, 0.3) is 5.69 Å². The highest BCUT2D eigenvalue weighted by Crippen LogP contribution is 2.38. The van der Waals surface area contributed by atoms with Crippen LogP contribution in [0, 0.1) is 17.0 Å². The number of carboxylic acids is 1. The molecule has 0 radical (unpaired) electrons. The number of benzene rings is 2. The average Bonchev–Trinajstić information content (AvgIpc) is 3.14. The molecule has 10 heteroatoms. The Morgan fingerprint density at radius 1 is 1.27 bits per heavy atom. The Morgan fingerprint density at radius 2 is 1.97 bits per heavy atom. The predicted molar refractivity (Wildman–Crippen MR) is 117 cm³/mol. The molecule has 10 nitrogen and oxygen atoms in total. The molecule has 2 aromatic carbocycles. The minimum Gasteiger partial charge on any atom is -0.478 e. The second-order valence-corrected chi connectivity index (χ2v) is 7.95. The molecule has 1 amide bonds. The number of carboxylic acid groups (broad SMARTS) is 1. The average molecular weight is 451 g/mol. The maximum absolute atomic E-state index is 13.0. The summed E-state index contributed by atoms with van der Waals surface area (Å²) in [7, 11) is 0. The minimum atomic E-state index is -1.25. The molecular weight excluding hydrogens is 430 g/mol. The van der Waals surface area contributed by atoms with Crippen LogP contribution >= 0.6 is 0 Å². The molecule has 2 heterocycles. The summed E-state index contributed by atoms with van der Waals surface area (Å²) in [5.74, 6) is -0.653. The van der Waals surface area contributed by atoms with Crippen molar-refractivity contribution in [1.82, 2.24) is 5.01 Å². The van der Waals surface area contributed by atoms with Gasteiger partial charge in [-0.25, -0.2) is 9.80 Å². The highest BCUT2D eigenvalue weighted by Gasteiger charge is 2.30. The van der Waals surface area contributed by atoms with Crippen LogP contribution in [0.4, 0.5) is 5.69 Å². The molecule has 170 valence electrons. The molecule has 0 aromatic heterocycles. The number of ether oxygens (including phenoxy) is 2. The van der Waals surface area contributed by atoms with Crippen LogP contribution in [0.5, 0.6) is 11.5 Å². The van der Waals surface area contributed by atoms with Gasteiger partial charge in [-0.05, 0) is 50.1 Å². The van der Waals surface area contributed by atoms with Crippen molar-refractivity contribution >= 4 is 23.3 Å². The number of hydrazone groups is 1. The van der Waals surface area contributed by atoms with E-state index in [0.717, 1.165) is 5.56 Å². The summed E-state index contributed by atoms with van der Waals surface area (Å²) >= 11 is 0. The quantitative estimate of drug-likeness (QED) is 0.419. The molecule has 0 unspecified atom stereocenters. The molecule has 1 atom stereocenters. The van der Waals surface area contributed by atoms with Crippen molar-refractivity contribution in [3.63, 3.8) is 0 Å². The van der Waals surface area contributed by atoms with Gasteiger partial charge in [0.05, 0.1) is 23.1 Å². The zero-order valence-corrected chi connectivity index (χ0v) is 18.0. The Kier molecular flexibility index (Phi) is 5.59. The summed E-state index contributed by atoms with van der Waals surface area (Å²) in [6.07, 6.45) is 0.0328. The number of aryl methyl sites for hydroxylation is 1. The molecule has 2 aliphatic heterocycles. The number of nitro groups is 1. The summed E-state index contributed by atoms with van der Waals surface area (Å²) in [6.45, 7) is 6.97. The fraction of sp³-hybridized carbons (Fsp3) is 0.261. The Hall–Kier alpha value is -4.21. The summed E-state index contributed by atoms with van der Waals surface area (Å²) in [4.78, 5) is 35.0. The van der Waals surface area contributed by atoms with Crippen molar-refractivity contribution in [1.29, 1.82) is 0 Å². The Bertz CT molecular complexity index is 1230. The number of aliphatic carboxylic acids is 1. The van der Waals surface area contributed by atoms with E-state index in [0.29, 0.717) is 40.3 Å². The largest absolute Gasteiger partial charge is 0.478 e. The van der Waals surface area contributed by atoms with Gasteiger partial charge in [0.1, 0.15) is 0 Å². The van der Waals surface area contributed by atoms with Crippen LogP contribution in [-0.2, 0) is 16.0 Å². The minimum absolute atomic E-state index is 0.0297. The number of amides is 1. The predicted octanol–water partition coefficient (Wildman–Crippen LogP) is 3.19. The topological polar surface area (TPSA) is 132 Å². The van der Waals surface area contributed by atoms with Gasteiger partial charge in [-0.3, -0.25) is 14.9 Å². The maximum Gasteiger partial charge on any atom is 0.331 e. The first-order valence-electron chi connectivity index (χ1n) is 10.2. The Morgan fingerprint density at radius 3 is 2.61 bits per heavy atom. The summed E-state index contributed by atoms with van der Waals surface area (Å²) < 4.78 is 11.0. The molecule has 0 aliphatic carbocycles. The standard InChI is InChI=1S/C23H21N3O7/c1-12-6-15(4-5-18(12)26(30)31)22-17-10-20-19(32-11-33-20)9-16(17)8-14(3)25(24-22)21(27)7-13(2)23(28)29/h4-6,9-10,14H,2,7-8,11H2,1,3H3,(H,28,29)/t14-/m1/s1. The lowest BCUT2D eigenvalue weighted by atomic mass is 9.93. The van der Waals surface area contributed by atoms with Crippen LogP contribution in [0.3, 0.4) is 0 Å². The smallest absolute Gasteiger partial charge is 0.331 e. The van der Waals surface area contributed by atoms with Gasteiger partial charge >= 0.3 is 5.97 Å². The number of fused-ring (bicyclic) bond motifs is 2. The molecule has 2 aromatic rings. The van der Waals surface area contributed by atoms with Crippen LogP contribution in [0.25, 0.3) is 0 Å². The van der Waals surface area contributed by atoms with E-state index in [1.807, 2.05) is 13.0 Å². The number of rotatable bonds is 5. The second-order valence-electron chi connectivity index (χ2n) is 7.95. The fourth-order valence-electron chi connectivity index (χ4n) is 3.90. The number of carbonyl (C=O) groups is 2. The molecule has 0 fully saturated rings. The van der Waals surface area contributed by atoms with Crippen LogP contribution in [0.2, 0.25) is 0 Å². The van der Waals surface area contributed by atoms with E-state index in [1.165, 1.54) is 11.1 Å². The van der Waals surface area contributed by atoms with Gasteiger partial charge in [-0.2, -0.15) is 5.10 Å². The molecule has 0 spiro atoms. The van der Waals surface area contributed by atoms with Crippen molar-refractivity contribution in [3.8, 4) is 11.5 Å². The third kappa shape index (κ3) is 4.14. The summed E-state index contributed by atoms with van der Waals surface area (Å²) in [5, 5.41) is 26.3. The van der Waals surface area contributed by atoms with Gasteiger partial charge in [-0.1, -0.05) is 6.58 Å². The molecule has 0 saturated carbocycles. The molecule has 33 heavy (non-hydrogen) atoms. The Labute approximate surface area is 188 Å². The number of carbonyl (C=O) groups excluding carboxylic acids is 1. The third-order valence-electron chi connectivity index (χ3n) is 5.58. The second kappa shape index (κ2) is 8.38. The molecule has 4 rings (SSSR count). The summed E-state index contributed by atoms with van der Waals surface area (Å²) in [6, 6.07) is 7.84. The first-order valence-corrected chi connectivity index (χ1v) is 10.2. The van der Waals surface area contributed by atoms with Crippen molar-refractivity contribution < 1.29 is 29.1 Å². The third-order valence-corrected chi connectivity index (χ3v) is 5.58. The lowest BCUT2D eigenvalue weighted by Gasteiger charge is -2.23. The van der Waals surface area contributed by atoms with Crippen LogP contribution in [-0.4, -0.2) is 45.5 Å². The highest BCUT2D eigenvalue weighted by molar-refractivity contribution is 6.15. The fourth-order valence-corrected chi connectivity index (χ4v) is 3.90. The van der Waals surface area contributed by atoms with Gasteiger partial charge in [0.2, 0.25) is 12.7 Å². The zero-order valence-electron chi connectivity index (χ0n) is 18.0. The van der Waals surface area contributed by atoms with E-state index in [-0.39, 0.29) is 18.1 Å². The lowest BCUT2D eigenvalue weighted by Crippen LogP contribution is -2.36. The first-order chi connectivity index (χ1) is 15.7. The normalized spacial score (nSPS) is 16.5. The maximum atomic E-state index is 13.0. The van der Waals surface area contributed by atoms with Crippen molar-refractivity contribution in [2.75, 3.05) is 6.79 Å². The number of nitro benzene ring substituents is 1. The van der Waals surface area contributed by atoms with Gasteiger partial charge in [0.15, 0.2) is 11.5 Å². The summed E-state index contributed by atoms with van der Waals surface area (Å²) in [5.41, 5.74) is 2.72. The van der Waals surface area contributed by atoms with Gasteiger partial charge in [0, 0.05) is 28.3 Å². The zero-order chi connectivity index (χ0) is 23.9. The van der Waals surface area contributed by atoms with Crippen LogP contribution in [0.15, 0.2) is 47.6 Å². The number of nitrogens with zero attached hydrogens (tertiary/aromatic N) is 3. The van der Waals surface area contributed by atoms with Crippen LogP contribution < -0.4 is 9.47 Å². The SMILES string of the molecule is C=C(CC(=O)N1N=C(c2ccc([N+](=O)[O-])c(C)c2)c2cc3c(cc2C[C@H]1C)OCO3)C(=O)O. The number of hydrogen-bond acceptors (Lipinski definition) is 7. The van der Waals surface area contributed by atoms with Gasteiger partial charge in [-0.15, -0.1) is 0 Å². The first kappa shape index (κ1) is 22.0. The van der Waals surface area contributed by atoms with E-state index < -0.39 is 29.3 Å². The van der Waals surface area contributed by atoms with Crippen molar-refractivity contribution in [2.45, 2.75) is 32.7 Å². The van der Waals surface area contributed by atoms with E-state index in [9.17, 15) is 19.7 Å². The van der Waals surface area contributed by atoms with Crippen molar-refractivity contribution in [3.05, 3.63) is 74.9 Å². The molecule has 0 saturated heterocycles. The van der Waals surface area contributed by atoms with E-state index in [2.05, 4.69) is 11.7 Å². The molecule has 1 N–H and O–H groups in total. The van der Waals surface area contributed by atoms with Crippen molar-refractivity contribution in [2.24, 2.45) is 5.10 Å². The number of hydrogen-bond donors (Lipinski definition) is 1. The monoisotopic (exact) mass is 451 g/mol. The molecule has 2 aliphatic rings. The van der Waals surface area contributed by atoms with Crippen LogP contribution in [0.1, 0.15) is 35.6 Å².